The van der Waals surface area contributed by atoms with Crippen LogP contribution in [0.25, 0.3) is 0 Å². The van der Waals surface area contributed by atoms with Crippen LogP contribution in [0.5, 0.6) is 0 Å². The number of morpholine rings is 1. The van der Waals surface area contributed by atoms with Crippen molar-refractivity contribution in [3.8, 4) is 0 Å². The van der Waals surface area contributed by atoms with E-state index >= 15 is 0 Å². The first-order valence-corrected chi connectivity index (χ1v) is 9.28. The number of nitrogens with zero attached hydrogens (tertiary/aromatic N) is 3. The Hall–Kier alpha value is -2.60. The van der Waals surface area contributed by atoms with Gasteiger partial charge >= 0.3 is 0 Å². The largest absolute Gasteiger partial charge is 0.374 e. The van der Waals surface area contributed by atoms with Crippen molar-refractivity contribution in [1.82, 2.24) is 4.98 Å². The molecule has 1 amide bonds. The van der Waals surface area contributed by atoms with Crippen molar-refractivity contribution >= 4 is 29.3 Å². The molecule has 3 heterocycles. The van der Waals surface area contributed by atoms with Gasteiger partial charge in [0.1, 0.15) is 5.82 Å². The van der Waals surface area contributed by atoms with Crippen LogP contribution in [0.2, 0.25) is 0 Å². The smallest absolute Gasteiger partial charge is 0.214 e. The molecule has 6 nitrogen and oxygen atoms in total. The highest BCUT2D eigenvalue weighted by Crippen LogP contribution is 2.39. The summed E-state index contributed by atoms with van der Waals surface area (Å²) in [5.74, 6) is 0.813. The van der Waals surface area contributed by atoms with E-state index in [9.17, 15) is 4.79 Å². The van der Waals surface area contributed by atoms with Crippen LogP contribution in [0.4, 0.5) is 22.9 Å². The van der Waals surface area contributed by atoms with Crippen LogP contribution in [-0.4, -0.2) is 36.7 Å². The lowest BCUT2D eigenvalue weighted by Crippen LogP contribution is -2.48. The quantitative estimate of drug-likeness (QED) is 0.844. The molecule has 2 aromatic rings. The summed E-state index contributed by atoms with van der Waals surface area (Å²) in [7, 11) is 0. The van der Waals surface area contributed by atoms with Crippen LogP contribution in [0, 0.1) is 0 Å². The maximum absolute atomic E-state index is 11.8. The summed E-state index contributed by atoms with van der Waals surface area (Å²) in [4.78, 5) is 20.4. The number of hydrogen-bond acceptors (Lipinski definition) is 5. The Morgan fingerprint density at radius 1 is 1.27 bits per heavy atom. The summed E-state index contributed by atoms with van der Waals surface area (Å²) in [5, 5.41) is 3.39. The van der Waals surface area contributed by atoms with Crippen molar-refractivity contribution in [2.75, 3.05) is 28.3 Å². The lowest BCUT2D eigenvalue weighted by atomic mass is 10.1. The van der Waals surface area contributed by atoms with Crippen molar-refractivity contribution < 1.29 is 9.53 Å². The Labute approximate surface area is 152 Å². The number of carbonyl (C=O) groups is 1. The highest BCUT2D eigenvalue weighted by molar-refractivity contribution is 5.89. The van der Waals surface area contributed by atoms with Crippen LogP contribution in [0.15, 0.2) is 36.5 Å². The maximum atomic E-state index is 11.8. The second-order valence-corrected chi connectivity index (χ2v) is 7.17. The van der Waals surface area contributed by atoms with Crippen molar-refractivity contribution in [1.29, 1.82) is 0 Å². The van der Waals surface area contributed by atoms with Gasteiger partial charge in [0.05, 0.1) is 36.7 Å². The van der Waals surface area contributed by atoms with E-state index in [1.54, 1.807) is 11.1 Å². The predicted molar refractivity (Wildman–Crippen MR) is 101 cm³/mol. The fraction of sp³-hybridized carbons (Fsp3) is 0.400. The average Bonchev–Trinajstić information content (AvgIpc) is 3.10. The van der Waals surface area contributed by atoms with Crippen LogP contribution in [0.3, 0.4) is 0 Å². The zero-order chi connectivity index (χ0) is 17.5. The van der Waals surface area contributed by atoms with Gasteiger partial charge in [0.25, 0.3) is 0 Å². The van der Waals surface area contributed by atoms with Gasteiger partial charge in [0.2, 0.25) is 6.41 Å². The number of amides is 1. The number of rotatable bonds is 2. The molecule has 1 saturated heterocycles. The van der Waals surface area contributed by atoms with E-state index in [1.807, 2.05) is 12.1 Å². The SMILES string of the molecule is O=CN1Cc2cccnc2Nc2ccc(N3CCOC4CCCC43)cc21. The van der Waals surface area contributed by atoms with Gasteiger partial charge in [0.15, 0.2) is 0 Å². The van der Waals surface area contributed by atoms with Crippen LogP contribution < -0.4 is 15.1 Å². The molecule has 0 bridgehead atoms. The zero-order valence-electron chi connectivity index (χ0n) is 14.6. The molecule has 2 fully saturated rings. The van der Waals surface area contributed by atoms with Gasteiger partial charge in [-0.1, -0.05) is 6.07 Å². The zero-order valence-corrected chi connectivity index (χ0v) is 14.6. The van der Waals surface area contributed by atoms with Gasteiger partial charge in [-0.05, 0) is 43.5 Å². The molecule has 3 aliphatic rings. The first-order chi connectivity index (χ1) is 12.8. The molecule has 0 radical (unpaired) electrons. The van der Waals surface area contributed by atoms with Crippen molar-refractivity contribution in [3.05, 3.63) is 42.1 Å². The third-order valence-electron chi connectivity index (χ3n) is 5.72. The summed E-state index contributed by atoms with van der Waals surface area (Å²) >= 11 is 0. The lowest BCUT2D eigenvalue weighted by Gasteiger charge is -2.39. The molecule has 1 N–H and O–H groups in total. The third-order valence-corrected chi connectivity index (χ3v) is 5.72. The van der Waals surface area contributed by atoms with Gasteiger partial charge in [-0.3, -0.25) is 4.79 Å². The molecule has 134 valence electrons. The highest BCUT2D eigenvalue weighted by Gasteiger charge is 2.36. The highest BCUT2D eigenvalue weighted by atomic mass is 16.5. The lowest BCUT2D eigenvalue weighted by molar-refractivity contribution is -0.107. The fourth-order valence-electron chi connectivity index (χ4n) is 4.46. The van der Waals surface area contributed by atoms with Crippen LogP contribution >= 0.6 is 0 Å². The van der Waals surface area contributed by atoms with E-state index in [2.05, 4.69) is 33.4 Å². The Morgan fingerprint density at radius 2 is 2.23 bits per heavy atom. The monoisotopic (exact) mass is 350 g/mol. The Balaban J connectivity index is 1.53. The Bertz CT molecular complexity index is 840. The molecule has 1 aromatic heterocycles. The minimum atomic E-state index is 0.344. The van der Waals surface area contributed by atoms with Crippen molar-refractivity contribution in [3.63, 3.8) is 0 Å². The van der Waals surface area contributed by atoms with E-state index in [0.29, 0.717) is 18.7 Å². The summed E-state index contributed by atoms with van der Waals surface area (Å²) in [6.07, 6.45) is 6.56. The van der Waals surface area contributed by atoms with Crippen LogP contribution in [-0.2, 0) is 16.1 Å². The molecule has 0 spiro atoms. The van der Waals surface area contributed by atoms with Gasteiger partial charge in [-0.15, -0.1) is 0 Å². The first-order valence-electron chi connectivity index (χ1n) is 9.28. The minimum absolute atomic E-state index is 0.344. The molecule has 2 atom stereocenters. The van der Waals surface area contributed by atoms with E-state index < -0.39 is 0 Å². The molecule has 1 aromatic carbocycles. The molecule has 1 saturated carbocycles. The molecule has 26 heavy (non-hydrogen) atoms. The first kappa shape index (κ1) is 15.6. The number of benzene rings is 1. The number of nitrogens with one attached hydrogen (secondary N) is 1. The number of anilines is 4. The number of aromatic nitrogens is 1. The topological polar surface area (TPSA) is 57.7 Å². The van der Waals surface area contributed by atoms with Gasteiger partial charge in [-0.25, -0.2) is 4.98 Å². The van der Waals surface area contributed by atoms with E-state index in [0.717, 1.165) is 54.4 Å². The van der Waals surface area contributed by atoms with E-state index in [1.165, 1.54) is 12.8 Å². The minimum Gasteiger partial charge on any atom is -0.374 e. The van der Waals surface area contributed by atoms with Gasteiger partial charge in [-0.2, -0.15) is 0 Å². The molecule has 2 aliphatic heterocycles. The fourth-order valence-corrected chi connectivity index (χ4v) is 4.46. The standard InChI is InChI=1S/C20H22N4O2/c25-13-23-12-14-3-2-8-21-20(14)22-16-7-6-15(11-18(16)23)24-9-10-26-19-5-1-4-17(19)24/h2-3,6-8,11,13,17,19H,1,4-5,9-10,12H2,(H,21,22). The Morgan fingerprint density at radius 3 is 3.15 bits per heavy atom. The second kappa shape index (κ2) is 6.29. The molecule has 6 heteroatoms. The number of ether oxygens (including phenoxy) is 1. The van der Waals surface area contributed by atoms with Crippen molar-refractivity contribution in [2.45, 2.75) is 38.0 Å². The molecule has 5 rings (SSSR count). The predicted octanol–water partition coefficient (Wildman–Crippen LogP) is 3.06. The van der Waals surface area contributed by atoms with Gasteiger partial charge in [0, 0.05) is 24.0 Å². The van der Waals surface area contributed by atoms with Crippen molar-refractivity contribution in [2.24, 2.45) is 0 Å². The average molecular weight is 350 g/mol. The van der Waals surface area contributed by atoms with E-state index in [4.69, 9.17) is 4.74 Å². The van der Waals surface area contributed by atoms with Crippen LogP contribution in [0.1, 0.15) is 24.8 Å². The number of fused-ring (bicyclic) bond motifs is 3. The maximum Gasteiger partial charge on any atom is 0.214 e. The molecule has 2 unspecified atom stereocenters. The van der Waals surface area contributed by atoms with Gasteiger partial charge < -0.3 is 19.9 Å². The number of hydrogen-bond donors (Lipinski definition) is 1. The summed E-state index contributed by atoms with van der Waals surface area (Å²) < 4.78 is 5.94. The molecular weight excluding hydrogens is 328 g/mol. The van der Waals surface area contributed by atoms with E-state index in [-0.39, 0.29) is 0 Å². The molecule has 1 aliphatic carbocycles. The summed E-state index contributed by atoms with van der Waals surface area (Å²) in [5.41, 5.74) is 3.99. The summed E-state index contributed by atoms with van der Waals surface area (Å²) in [6.45, 7) is 2.19. The third kappa shape index (κ3) is 2.52. The number of carbonyl (C=O) groups excluding carboxylic acids is 1. The number of pyridine rings is 1. The normalized spacial score (nSPS) is 24.2. The summed E-state index contributed by atoms with van der Waals surface area (Å²) in [6, 6.07) is 10.7. The molecular formula is C20H22N4O2. The Kier molecular flexibility index (Phi) is 3.78. The second-order valence-electron chi connectivity index (χ2n) is 7.17.